The molecule has 0 amide bonds. The van der Waals surface area contributed by atoms with Crippen molar-refractivity contribution in [3.63, 3.8) is 0 Å². The molecule has 0 unspecified atom stereocenters. The molecule has 0 aliphatic carbocycles. The number of rotatable bonds is 6. The van der Waals surface area contributed by atoms with E-state index >= 15 is 4.39 Å². The van der Waals surface area contributed by atoms with Crippen molar-refractivity contribution in [1.82, 2.24) is 29.5 Å². The van der Waals surface area contributed by atoms with Gasteiger partial charge in [-0.3, -0.25) is 9.52 Å². The minimum atomic E-state index is -4.32. The van der Waals surface area contributed by atoms with Gasteiger partial charge in [-0.1, -0.05) is 0 Å². The standard InChI is InChI=1S/C22H18F3N7O3S/c1-11-26-9-18(30-29-11)12-6-14-15(8-28-22(14)27-7-12)21(33)19-16(24)2-3-17(20(19)25)31-36(34,35)32-5-4-13(23)10-32/h2-3,6-9,13,31H,4-5,10H2,1H3,(H,27,28)/t13-/m1/s1. The van der Waals surface area contributed by atoms with Crippen LogP contribution >= 0.6 is 0 Å². The third-order valence-electron chi connectivity index (χ3n) is 5.74. The molecule has 1 saturated heterocycles. The predicted molar refractivity (Wildman–Crippen MR) is 123 cm³/mol. The van der Waals surface area contributed by atoms with Crippen LogP contribution in [0.4, 0.5) is 18.9 Å². The summed E-state index contributed by atoms with van der Waals surface area (Å²) in [6, 6.07) is 3.19. The van der Waals surface area contributed by atoms with Crippen LogP contribution < -0.4 is 4.72 Å². The lowest BCUT2D eigenvalue weighted by Gasteiger charge is -2.18. The summed E-state index contributed by atoms with van der Waals surface area (Å²) < 4.78 is 71.3. The number of aromatic nitrogens is 5. The van der Waals surface area contributed by atoms with Crippen molar-refractivity contribution in [3.8, 4) is 11.3 Å². The molecule has 1 aliphatic rings. The van der Waals surface area contributed by atoms with E-state index in [0.29, 0.717) is 17.1 Å². The molecule has 5 rings (SSSR count). The number of carbonyl (C=O) groups excluding carboxylic acids is 1. The normalized spacial score (nSPS) is 16.5. The van der Waals surface area contributed by atoms with Crippen molar-refractivity contribution in [2.75, 3.05) is 17.8 Å². The lowest BCUT2D eigenvalue weighted by atomic mass is 10.0. The second-order valence-corrected chi connectivity index (χ2v) is 9.85. The summed E-state index contributed by atoms with van der Waals surface area (Å²) in [6.07, 6.45) is 2.88. The molecule has 1 aromatic carbocycles. The first-order valence-corrected chi connectivity index (χ1v) is 12.2. The number of nitrogens with one attached hydrogen (secondary N) is 2. The van der Waals surface area contributed by atoms with Crippen LogP contribution in [0.25, 0.3) is 22.3 Å². The third-order valence-corrected chi connectivity index (χ3v) is 7.23. The molecule has 36 heavy (non-hydrogen) atoms. The maximum Gasteiger partial charge on any atom is 0.301 e. The van der Waals surface area contributed by atoms with Crippen molar-refractivity contribution in [3.05, 3.63) is 65.4 Å². The van der Waals surface area contributed by atoms with Gasteiger partial charge in [0.2, 0.25) is 5.78 Å². The minimum Gasteiger partial charge on any atom is -0.345 e. The molecular weight excluding hydrogens is 499 g/mol. The van der Waals surface area contributed by atoms with Crippen LogP contribution in [0.3, 0.4) is 0 Å². The zero-order valence-electron chi connectivity index (χ0n) is 18.7. The van der Waals surface area contributed by atoms with E-state index in [1.54, 1.807) is 13.0 Å². The third kappa shape index (κ3) is 4.28. The van der Waals surface area contributed by atoms with Gasteiger partial charge in [-0.25, -0.2) is 23.1 Å². The fourth-order valence-corrected chi connectivity index (χ4v) is 5.15. The zero-order chi connectivity index (χ0) is 25.6. The Morgan fingerprint density at radius 2 is 2.00 bits per heavy atom. The van der Waals surface area contributed by atoms with Crippen LogP contribution in [0, 0.1) is 18.6 Å². The first-order valence-electron chi connectivity index (χ1n) is 10.7. The number of pyridine rings is 1. The molecule has 0 spiro atoms. The van der Waals surface area contributed by atoms with Crippen LogP contribution in [0.5, 0.6) is 0 Å². The summed E-state index contributed by atoms with van der Waals surface area (Å²) in [4.78, 5) is 24.3. The van der Waals surface area contributed by atoms with E-state index in [1.807, 2.05) is 4.72 Å². The lowest BCUT2D eigenvalue weighted by molar-refractivity contribution is 0.103. The van der Waals surface area contributed by atoms with E-state index in [0.717, 1.165) is 16.4 Å². The van der Waals surface area contributed by atoms with Crippen LogP contribution in [0.2, 0.25) is 0 Å². The Kier molecular flexibility index (Phi) is 5.92. The van der Waals surface area contributed by atoms with Gasteiger partial charge in [-0.05, 0) is 31.5 Å². The number of hydrogen-bond donors (Lipinski definition) is 2. The highest BCUT2D eigenvalue weighted by Crippen LogP contribution is 2.29. The van der Waals surface area contributed by atoms with Gasteiger partial charge >= 0.3 is 10.2 Å². The Balaban J connectivity index is 1.52. The maximum atomic E-state index is 15.3. The molecule has 186 valence electrons. The highest BCUT2D eigenvalue weighted by Gasteiger charge is 2.33. The number of halogens is 3. The molecule has 0 radical (unpaired) electrons. The Morgan fingerprint density at radius 3 is 2.69 bits per heavy atom. The first kappa shape index (κ1) is 23.8. The lowest BCUT2D eigenvalue weighted by Crippen LogP contribution is -2.34. The maximum absolute atomic E-state index is 15.3. The number of benzene rings is 1. The number of fused-ring (bicyclic) bond motifs is 1. The molecule has 1 atom stereocenters. The number of H-pyrrole nitrogens is 1. The number of anilines is 1. The van der Waals surface area contributed by atoms with Crippen molar-refractivity contribution >= 4 is 32.7 Å². The van der Waals surface area contributed by atoms with Gasteiger partial charge in [-0.2, -0.15) is 12.7 Å². The second kappa shape index (κ2) is 8.95. The quantitative estimate of drug-likeness (QED) is 0.376. The number of aryl methyl sites for hydroxylation is 1. The molecule has 1 aliphatic heterocycles. The average Bonchev–Trinajstić information content (AvgIpc) is 3.48. The van der Waals surface area contributed by atoms with E-state index in [-0.39, 0.29) is 36.1 Å². The highest BCUT2D eigenvalue weighted by molar-refractivity contribution is 7.90. The summed E-state index contributed by atoms with van der Waals surface area (Å²) in [5.41, 5.74) is -0.561. The van der Waals surface area contributed by atoms with Gasteiger partial charge in [0.25, 0.3) is 0 Å². The molecule has 4 aromatic rings. The molecule has 10 nitrogen and oxygen atoms in total. The van der Waals surface area contributed by atoms with Gasteiger partial charge in [0.1, 0.15) is 29.2 Å². The molecule has 3 aromatic heterocycles. The molecule has 1 fully saturated rings. The van der Waals surface area contributed by atoms with Gasteiger partial charge in [-0.15, -0.1) is 10.2 Å². The number of carbonyl (C=O) groups is 1. The summed E-state index contributed by atoms with van der Waals surface area (Å²) in [5, 5.41) is 8.16. The predicted octanol–water partition coefficient (Wildman–Crippen LogP) is 2.93. The Bertz CT molecular complexity index is 1590. The van der Waals surface area contributed by atoms with Crippen molar-refractivity contribution in [2.24, 2.45) is 0 Å². The van der Waals surface area contributed by atoms with E-state index in [1.165, 1.54) is 18.6 Å². The summed E-state index contributed by atoms with van der Waals surface area (Å²) in [7, 11) is -4.32. The largest absolute Gasteiger partial charge is 0.345 e. The van der Waals surface area contributed by atoms with Crippen LogP contribution in [0.15, 0.2) is 36.8 Å². The second-order valence-electron chi connectivity index (χ2n) is 8.18. The molecule has 2 N–H and O–H groups in total. The fraction of sp³-hybridized carbons (Fsp3) is 0.227. The number of alkyl halides is 1. The minimum absolute atomic E-state index is 0.0113. The molecule has 0 bridgehead atoms. The number of ketones is 1. The molecule has 0 saturated carbocycles. The summed E-state index contributed by atoms with van der Waals surface area (Å²) in [5.74, 6) is -3.15. The Hall–Kier alpha value is -3.91. The average molecular weight is 517 g/mol. The van der Waals surface area contributed by atoms with E-state index in [4.69, 9.17) is 0 Å². The molecule has 4 heterocycles. The Morgan fingerprint density at radius 1 is 1.19 bits per heavy atom. The molecule has 14 heteroatoms. The van der Waals surface area contributed by atoms with E-state index in [2.05, 4.69) is 25.1 Å². The van der Waals surface area contributed by atoms with Crippen LogP contribution in [0.1, 0.15) is 28.2 Å². The van der Waals surface area contributed by atoms with Crippen molar-refractivity contribution in [1.29, 1.82) is 0 Å². The number of hydrogen-bond acceptors (Lipinski definition) is 7. The van der Waals surface area contributed by atoms with Gasteiger partial charge in [0.15, 0.2) is 5.82 Å². The SMILES string of the molecule is Cc1ncc(-c2cnc3[nH]cc(C(=O)c4c(F)ccc(NS(=O)(=O)N5CC[C@@H](F)C5)c4F)c3c2)nn1. The molecular formula is C22H18F3N7O3S. The van der Waals surface area contributed by atoms with Crippen molar-refractivity contribution in [2.45, 2.75) is 19.5 Å². The van der Waals surface area contributed by atoms with E-state index in [9.17, 15) is 22.0 Å². The van der Waals surface area contributed by atoms with Gasteiger partial charge in [0.05, 0.1) is 17.4 Å². The van der Waals surface area contributed by atoms with E-state index < -0.39 is 45.0 Å². The number of aromatic amines is 1. The van der Waals surface area contributed by atoms with Crippen molar-refractivity contribution < 1.29 is 26.4 Å². The Labute approximate surface area is 202 Å². The topological polar surface area (TPSA) is 134 Å². The number of nitrogens with zero attached hydrogens (tertiary/aromatic N) is 5. The summed E-state index contributed by atoms with van der Waals surface area (Å²) >= 11 is 0. The van der Waals surface area contributed by atoms with Crippen LogP contribution in [-0.4, -0.2) is 62.9 Å². The van der Waals surface area contributed by atoms with Gasteiger partial charge < -0.3 is 4.98 Å². The van der Waals surface area contributed by atoms with Crippen LogP contribution in [-0.2, 0) is 10.2 Å². The monoisotopic (exact) mass is 517 g/mol. The smallest absolute Gasteiger partial charge is 0.301 e. The first-order chi connectivity index (χ1) is 17.1. The highest BCUT2D eigenvalue weighted by atomic mass is 32.2. The zero-order valence-corrected chi connectivity index (χ0v) is 19.5. The summed E-state index contributed by atoms with van der Waals surface area (Å²) in [6.45, 7) is 1.20. The van der Waals surface area contributed by atoms with Gasteiger partial charge in [0, 0.05) is 42.0 Å². The fourth-order valence-electron chi connectivity index (χ4n) is 3.88.